The lowest BCUT2D eigenvalue weighted by Crippen LogP contribution is -2.60. The highest BCUT2D eigenvalue weighted by molar-refractivity contribution is 14.1. The SMILES string of the molecule is CCC1CNC(C(C)(C)C)CN1c1cccc(I)c1. The Balaban J connectivity index is 2.23. The van der Waals surface area contributed by atoms with Gasteiger partial charge < -0.3 is 10.2 Å². The van der Waals surface area contributed by atoms with E-state index in [4.69, 9.17) is 0 Å². The van der Waals surface area contributed by atoms with Crippen molar-refractivity contribution in [1.29, 1.82) is 0 Å². The van der Waals surface area contributed by atoms with Gasteiger partial charge in [-0.2, -0.15) is 0 Å². The second kappa shape index (κ2) is 6.00. The summed E-state index contributed by atoms with van der Waals surface area (Å²) in [5.41, 5.74) is 1.67. The van der Waals surface area contributed by atoms with Crippen molar-refractivity contribution >= 4 is 28.3 Å². The zero-order valence-corrected chi connectivity index (χ0v) is 14.6. The Bertz CT molecular complexity index is 425. The molecule has 1 aromatic rings. The van der Waals surface area contributed by atoms with E-state index in [1.165, 1.54) is 15.7 Å². The summed E-state index contributed by atoms with van der Waals surface area (Å²) in [6.07, 6.45) is 1.19. The first-order chi connectivity index (χ1) is 8.91. The van der Waals surface area contributed by atoms with Crippen LogP contribution in [0.1, 0.15) is 34.1 Å². The van der Waals surface area contributed by atoms with Crippen LogP contribution in [0.3, 0.4) is 0 Å². The van der Waals surface area contributed by atoms with Crippen molar-refractivity contribution in [2.24, 2.45) is 5.41 Å². The maximum Gasteiger partial charge on any atom is 0.0412 e. The highest BCUT2D eigenvalue weighted by atomic mass is 127. The minimum atomic E-state index is 0.304. The molecule has 106 valence electrons. The van der Waals surface area contributed by atoms with Crippen LogP contribution in [-0.2, 0) is 0 Å². The van der Waals surface area contributed by atoms with Gasteiger partial charge in [-0.05, 0) is 52.6 Å². The van der Waals surface area contributed by atoms with E-state index >= 15 is 0 Å². The molecule has 0 aliphatic carbocycles. The molecule has 1 N–H and O–H groups in total. The molecule has 1 aliphatic heterocycles. The summed E-state index contributed by atoms with van der Waals surface area (Å²) in [7, 11) is 0. The predicted molar refractivity (Wildman–Crippen MR) is 91.8 cm³/mol. The average Bonchev–Trinajstić information content (AvgIpc) is 2.37. The number of anilines is 1. The summed E-state index contributed by atoms with van der Waals surface area (Å²) < 4.78 is 1.32. The minimum absolute atomic E-state index is 0.304. The van der Waals surface area contributed by atoms with Crippen molar-refractivity contribution in [2.45, 2.75) is 46.2 Å². The zero-order valence-electron chi connectivity index (χ0n) is 12.4. The van der Waals surface area contributed by atoms with Gasteiger partial charge in [0.2, 0.25) is 0 Å². The molecule has 1 fully saturated rings. The summed E-state index contributed by atoms with van der Waals surface area (Å²) in [6, 6.07) is 10.0. The van der Waals surface area contributed by atoms with Crippen LogP contribution in [-0.4, -0.2) is 25.2 Å². The number of rotatable bonds is 2. The number of hydrogen-bond acceptors (Lipinski definition) is 2. The molecule has 0 amide bonds. The van der Waals surface area contributed by atoms with Crippen LogP contribution in [0, 0.1) is 8.99 Å². The number of halogens is 1. The third-order valence-electron chi connectivity index (χ3n) is 4.08. The van der Waals surface area contributed by atoms with Crippen molar-refractivity contribution in [1.82, 2.24) is 5.32 Å². The van der Waals surface area contributed by atoms with Gasteiger partial charge in [0, 0.05) is 34.4 Å². The van der Waals surface area contributed by atoms with Crippen molar-refractivity contribution in [2.75, 3.05) is 18.0 Å². The van der Waals surface area contributed by atoms with Crippen LogP contribution < -0.4 is 10.2 Å². The zero-order chi connectivity index (χ0) is 14.0. The first-order valence-electron chi connectivity index (χ1n) is 7.17. The molecule has 0 saturated carbocycles. The largest absolute Gasteiger partial charge is 0.366 e. The number of piperazine rings is 1. The lowest BCUT2D eigenvalue weighted by Gasteiger charge is -2.46. The summed E-state index contributed by atoms with van der Waals surface area (Å²) >= 11 is 2.40. The van der Waals surface area contributed by atoms with Crippen molar-refractivity contribution < 1.29 is 0 Å². The van der Waals surface area contributed by atoms with Gasteiger partial charge in [0.25, 0.3) is 0 Å². The molecule has 1 aliphatic rings. The van der Waals surface area contributed by atoms with Gasteiger partial charge in [0.15, 0.2) is 0 Å². The molecule has 2 rings (SSSR count). The van der Waals surface area contributed by atoms with Crippen LogP contribution in [0.2, 0.25) is 0 Å². The fourth-order valence-electron chi connectivity index (χ4n) is 2.71. The molecule has 2 nitrogen and oxygen atoms in total. The molecular weight excluding hydrogens is 347 g/mol. The van der Waals surface area contributed by atoms with Gasteiger partial charge in [-0.3, -0.25) is 0 Å². The van der Waals surface area contributed by atoms with Crippen LogP contribution in [0.4, 0.5) is 5.69 Å². The Labute approximate surface area is 131 Å². The van der Waals surface area contributed by atoms with Crippen LogP contribution in [0.5, 0.6) is 0 Å². The van der Waals surface area contributed by atoms with E-state index in [0.717, 1.165) is 13.1 Å². The molecule has 2 atom stereocenters. The molecule has 0 bridgehead atoms. The molecule has 0 spiro atoms. The van der Waals surface area contributed by atoms with Gasteiger partial charge in [-0.25, -0.2) is 0 Å². The van der Waals surface area contributed by atoms with Gasteiger partial charge in [-0.15, -0.1) is 0 Å². The van der Waals surface area contributed by atoms with Crippen molar-refractivity contribution in [3.63, 3.8) is 0 Å². The summed E-state index contributed by atoms with van der Waals surface area (Å²) in [5, 5.41) is 3.73. The highest BCUT2D eigenvalue weighted by Gasteiger charge is 2.33. The molecule has 1 aromatic carbocycles. The van der Waals surface area contributed by atoms with E-state index < -0.39 is 0 Å². The summed E-state index contributed by atoms with van der Waals surface area (Å²) in [4.78, 5) is 2.59. The average molecular weight is 372 g/mol. The lowest BCUT2D eigenvalue weighted by atomic mass is 9.84. The number of hydrogen-bond donors (Lipinski definition) is 1. The van der Waals surface area contributed by atoms with E-state index in [1.807, 2.05) is 0 Å². The van der Waals surface area contributed by atoms with E-state index in [0.29, 0.717) is 17.5 Å². The van der Waals surface area contributed by atoms with Gasteiger partial charge in [0.1, 0.15) is 0 Å². The van der Waals surface area contributed by atoms with E-state index in [1.54, 1.807) is 0 Å². The maximum atomic E-state index is 3.73. The van der Waals surface area contributed by atoms with E-state index in [9.17, 15) is 0 Å². The van der Waals surface area contributed by atoms with Gasteiger partial charge >= 0.3 is 0 Å². The van der Waals surface area contributed by atoms with Gasteiger partial charge in [0.05, 0.1) is 0 Å². The quantitative estimate of drug-likeness (QED) is 0.793. The Kier molecular flexibility index (Phi) is 4.77. The molecule has 1 saturated heterocycles. The van der Waals surface area contributed by atoms with Crippen LogP contribution in [0.25, 0.3) is 0 Å². The Morgan fingerprint density at radius 3 is 2.68 bits per heavy atom. The van der Waals surface area contributed by atoms with Gasteiger partial charge in [-0.1, -0.05) is 33.8 Å². The second-order valence-electron chi connectivity index (χ2n) is 6.52. The van der Waals surface area contributed by atoms with Crippen molar-refractivity contribution in [3.8, 4) is 0 Å². The normalized spacial score (nSPS) is 24.6. The van der Waals surface area contributed by atoms with Crippen LogP contribution in [0.15, 0.2) is 24.3 Å². The first-order valence-corrected chi connectivity index (χ1v) is 8.25. The maximum absolute atomic E-state index is 3.73. The molecule has 1 heterocycles. The standard InChI is InChI=1S/C16H25IN2/c1-5-13-10-18-15(16(2,3)4)11-19(13)14-8-6-7-12(17)9-14/h6-9,13,15,18H,5,10-11H2,1-4H3. The Morgan fingerprint density at radius 2 is 2.11 bits per heavy atom. The topological polar surface area (TPSA) is 15.3 Å². The molecular formula is C16H25IN2. The fraction of sp³-hybridized carbons (Fsp3) is 0.625. The number of nitrogens with one attached hydrogen (secondary N) is 1. The minimum Gasteiger partial charge on any atom is -0.366 e. The first kappa shape index (κ1) is 15.1. The van der Waals surface area contributed by atoms with E-state index in [-0.39, 0.29) is 0 Å². The van der Waals surface area contributed by atoms with Crippen molar-refractivity contribution in [3.05, 3.63) is 27.8 Å². The molecule has 0 aromatic heterocycles. The fourth-order valence-corrected chi connectivity index (χ4v) is 3.24. The molecule has 0 radical (unpaired) electrons. The number of benzene rings is 1. The molecule has 3 heteroatoms. The summed E-state index contributed by atoms with van der Waals surface area (Å²) in [5.74, 6) is 0. The number of nitrogens with zero attached hydrogens (tertiary/aromatic N) is 1. The summed E-state index contributed by atoms with van der Waals surface area (Å²) in [6.45, 7) is 11.4. The monoisotopic (exact) mass is 372 g/mol. The third kappa shape index (κ3) is 3.63. The lowest BCUT2D eigenvalue weighted by molar-refractivity contribution is 0.233. The highest BCUT2D eigenvalue weighted by Crippen LogP contribution is 2.28. The molecule has 19 heavy (non-hydrogen) atoms. The third-order valence-corrected chi connectivity index (χ3v) is 4.75. The van der Waals surface area contributed by atoms with E-state index in [2.05, 4.69) is 84.8 Å². The Hall–Kier alpha value is -0.290. The molecule has 2 unspecified atom stereocenters. The second-order valence-corrected chi connectivity index (χ2v) is 7.77. The smallest absolute Gasteiger partial charge is 0.0412 e. The van der Waals surface area contributed by atoms with Crippen LogP contribution >= 0.6 is 22.6 Å². The predicted octanol–water partition coefficient (Wildman–Crippen LogP) is 3.89. The Morgan fingerprint density at radius 1 is 1.37 bits per heavy atom.